The maximum Gasteiger partial charge on any atom is 0.213 e. The molecule has 0 heterocycles. The van der Waals surface area contributed by atoms with E-state index in [4.69, 9.17) is 11.6 Å². The lowest BCUT2D eigenvalue weighted by Crippen LogP contribution is -2.13. The maximum atomic E-state index is 12.4. The highest BCUT2D eigenvalue weighted by Gasteiger charge is 2.13. The molecule has 0 aliphatic rings. The number of benzene rings is 2. The van der Waals surface area contributed by atoms with Crippen LogP contribution in [0.1, 0.15) is 15.9 Å². The molecule has 2 aromatic carbocycles. The first-order valence-electron chi connectivity index (χ1n) is 5.81. The molecule has 2 rings (SSSR count). The summed E-state index contributed by atoms with van der Waals surface area (Å²) in [5.41, 5.74) is 1.68. The van der Waals surface area contributed by atoms with Gasteiger partial charge in [-0.25, -0.2) is 0 Å². The standard InChI is InChI=1S/C15H11BrClNO2/c1-18(9-19)12-5-2-10(3-6-12)15(20)13-8-11(16)4-7-14(13)17/h2-9H,1H3. The van der Waals surface area contributed by atoms with Gasteiger partial charge in [0.1, 0.15) is 0 Å². The van der Waals surface area contributed by atoms with E-state index in [1.807, 2.05) is 0 Å². The van der Waals surface area contributed by atoms with Crippen LogP contribution in [0.5, 0.6) is 0 Å². The molecule has 0 saturated heterocycles. The third kappa shape index (κ3) is 3.08. The summed E-state index contributed by atoms with van der Waals surface area (Å²) in [5, 5.41) is 0.410. The van der Waals surface area contributed by atoms with Gasteiger partial charge in [-0.05, 0) is 42.5 Å². The summed E-state index contributed by atoms with van der Waals surface area (Å²) < 4.78 is 0.794. The number of anilines is 1. The smallest absolute Gasteiger partial charge is 0.213 e. The van der Waals surface area contributed by atoms with Crippen LogP contribution in [0.15, 0.2) is 46.9 Å². The van der Waals surface area contributed by atoms with Gasteiger partial charge < -0.3 is 4.90 Å². The molecule has 0 spiro atoms. The molecule has 102 valence electrons. The van der Waals surface area contributed by atoms with Gasteiger partial charge in [0.15, 0.2) is 5.78 Å². The van der Waals surface area contributed by atoms with Crippen LogP contribution in [-0.4, -0.2) is 19.2 Å². The van der Waals surface area contributed by atoms with Crippen molar-refractivity contribution in [3.8, 4) is 0 Å². The molecule has 1 amide bonds. The minimum absolute atomic E-state index is 0.156. The highest BCUT2D eigenvalue weighted by atomic mass is 79.9. The van der Waals surface area contributed by atoms with E-state index in [0.29, 0.717) is 22.6 Å². The third-order valence-electron chi connectivity index (χ3n) is 2.87. The van der Waals surface area contributed by atoms with Crippen LogP contribution in [0.3, 0.4) is 0 Å². The lowest BCUT2D eigenvalue weighted by atomic mass is 10.0. The first-order valence-corrected chi connectivity index (χ1v) is 6.98. The monoisotopic (exact) mass is 351 g/mol. The topological polar surface area (TPSA) is 37.4 Å². The summed E-state index contributed by atoms with van der Waals surface area (Å²) >= 11 is 9.37. The van der Waals surface area contributed by atoms with E-state index in [0.717, 1.165) is 10.2 Å². The van der Waals surface area contributed by atoms with Crippen LogP contribution in [-0.2, 0) is 4.79 Å². The Morgan fingerprint density at radius 3 is 2.45 bits per heavy atom. The predicted molar refractivity (Wildman–Crippen MR) is 83.5 cm³/mol. The van der Waals surface area contributed by atoms with Crippen molar-refractivity contribution in [1.82, 2.24) is 0 Å². The van der Waals surface area contributed by atoms with Crippen molar-refractivity contribution in [2.45, 2.75) is 0 Å². The number of hydrogen-bond acceptors (Lipinski definition) is 2. The molecule has 0 N–H and O–H groups in total. The van der Waals surface area contributed by atoms with Gasteiger partial charge >= 0.3 is 0 Å². The molecular weight excluding hydrogens is 342 g/mol. The largest absolute Gasteiger partial charge is 0.318 e. The number of nitrogens with zero attached hydrogens (tertiary/aromatic N) is 1. The molecule has 0 radical (unpaired) electrons. The van der Waals surface area contributed by atoms with E-state index in [2.05, 4.69) is 15.9 Å². The number of carbonyl (C=O) groups excluding carboxylic acids is 2. The average molecular weight is 353 g/mol. The lowest BCUT2D eigenvalue weighted by molar-refractivity contribution is -0.107. The Kier molecular flexibility index (Phi) is 4.57. The Morgan fingerprint density at radius 1 is 1.20 bits per heavy atom. The van der Waals surface area contributed by atoms with Gasteiger partial charge in [0.05, 0.1) is 5.02 Å². The minimum atomic E-state index is -0.156. The molecule has 0 atom stereocenters. The van der Waals surface area contributed by atoms with Gasteiger partial charge in [0.2, 0.25) is 6.41 Å². The zero-order chi connectivity index (χ0) is 14.7. The van der Waals surface area contributed by atoms with Gasteiger partial charge in [-0.2, -0.15) is 0 Å². The first kappa shape index (κ1) is 14.8. The van der Waals surface area contributed by atoms with Crippen molar-refractivity contribution in [3.05, 3.63) is 63.1 Å². The quantitative estimate of drug-likeness (QED) is 0.617. The summed E-state index contributed by atoms with van der Waals surface area (Å²) in [5.74, 6) is -0.156. The third-order valence-corrected chi connectivity index (χ3v) is 3.69. The Balaban J connectivity index is 2.34. The summed E-state index contributed by atoms with van der Waals surface area (Å²) in [6.45, 7) is 0. The molecule has 5 heteroatoms. The molecule has 0 fully saturated rings. The highest BCUT2D eigenvalue weighted by Crippen LogP contribution is 2.24. The van der Waals surface area contributed by atoms with E-state index >= 15 is 0 Å². The molecule has 0 aliphatic carbocycles. The summed E-state index contributed by atoms with van der Waals surface area (Å²) in [6, 6.07) is 11.9. The molecular formula is C15H11BrClNO2. The molecule has 0 aromatic heterocycles. The number of ketones is 1. The van der Waals surface area contributed by atoms with E-state index in [9.17, 15) is 9.59 Å². The number of rotatable bonds is 4. The van der Waals surface area contributed by atoms with E-state index < -0.39 is 0 Å². The van der Waals surface area contributed by atoms with E-state index in [-0.39, 0.29) is 5.78 Å². The van der Waals surface area contributed by atoms with Crippen LogP contribution < -0.4 is 4.90 Å². The Labute approximate surface area is 130 Å². The Bertz CT molecular complexity index is 655. The molecule has 20 heavy (non-hydrogen) atoms. The van der Waals surface area contributed by atoms with Crippen LogP contribution in [0.2, 0.25) is 5.02 Å². The number of amides is 1. The van der Waals surface area contributed by atoms with Crippen LogP contribution in [0.4, 0.5) is 5.69 Å². The normalized spacial score (nSPS) is 10.2. The van der Waals surface area contributed by atoms with Gasteiger partial charge in [-0.3, -0.25) is 9.59 Å². The fourth-order valence-corrected chi connectivity index (χ4v) is 2.30. The zero-order valence-electron chi connectivity index (χ0n) is 10.6. The Hall–Kier alpha value is -1.65. The number of carbonyl (C=O) groups is 2. The van der Waals surface area contributed by atoms with Crippen molar-refractivity contribution in [3.63, 3.8) is 0 Å². The van der Waals surface area contributed by atoms with Crippen molar-refractivity contribution in [1.29, 1.82) is 0 Å². The molecule has 0 unspecified atom stereocenters. The van der Waals surface area contributed by atoms with E-state index in [1.54, 1.807) is 49.5 Å². The van der Waals surface area contributed by atoms with Gasteiger partial charge in [0.25, 0.3) is 0 Å². The zero-order valence-corrected chi connectivity index (χ0v) is 13.0. The van der Waals surface area contributed by atoms with Gasteiger partial charge in [-0.1, -0.05) is 27.5 Å². The first-order chi connectivity index (χ1) is 9.52. The summed E-state index contributed by atoms with van der Waals surface area (Å²) in [6.07, 6.45) is 0.710. The second-order valence-electron chi connectivity index (χ2n) is 4.22. The second-order valence-corrected chi connectivity index (χ2v) is 5.54. The SMILES string of the molecule is CN(C=O)c1ccc(C(=O)c2cc(Br)ccc2Cl)cc1. The molecule has 0 bridgehead atoms. The fourth-order valence-electron chi connectivity index (χ4n) is 1.74. The number of halogens is 2. The second kappa shape index (κ2) is 6.20. The Morgan fingerprint density at radius 2 is 1.85 bits per heavy atom. The van der Waals surface area contributed by atoms with Gasteiger partial charge in [0, 0.05) is 28.3 Å². The highest BCUT2D eigenvalue weighted by molar-refractivity contribution is 9.10. The van der Waals surface area contributed by atoms with Crippen LogP contribution in [0.25, 0.3) is 0 Å². The summed E-state index contributed by atoms with van der Waals surface area (Å²) in [4.78, 5) is 24.5. The van der Waals surface area contributed by atoms with E-state index in [1.165, 1.54) is 4.90 Å². The van der Waals surface area contributed by atoms with Crippen LogP contribution >= 0.6 is 27.5 Å². The van der Waals surface area contributed by atoms with Crippen LogP contribution in [0, 0.1) is 0 Å². The van der Waals surface area contributed by atoms with Crippen molar-refractivity contribution >= 4 is 45.4 Å². The van der Waals surface area contributed by atoms with Crippen molar-refractivity contribution in [2.75, 3.05) is 11.9 Å². The molecule has 0 aliphatic heterocycles. The molecule has 3 nitrogen and oxygen atoms in total. The van der Waals surface area contributed by atoms with Crippen molar-refractivity contribution in [2.24, 2.45) is 0 Å². The minimum Gasteiger partial charge on any atom is -0.318 e. The predicted octanol–water partition coefficient (Wildman–Crippen LogP) is 3.93. The average Bonchev–Trinajstić information content (AvgIpc) is 2.48. The van der Waals surface area contributed by atoms with Gasteiger partial charge in [-0.15, -0.1) is 0 Å². The number of hydrogen-bond donors (Lipinski definition) is 0. The molecule has 2 aromatic rings. The van der Waals surface area contributed by atoms with Crippen molar-refractivity contribution < 1.29 is 9.59 Å². The molecule has 0 saturated carbocycles. The maximum absolute atomic E-state index is 12.4. The lowest BCUT2D eigenvalue weighted by Gasteiger charge is -2.11. The summed E-state index contributed by atoms with van der Waals surface area (Å²) in [7, 11) is 1.65. The fraction of sp³-hybridized carbons (Fsp3) is 0.0667.